The number of aliphatic hydroxyl groups excluding tert-OH is 1. The van der Waals surface area contributed by atoms with E-state index in [0.29, 0.717) is 36.7 Å². The minimum Gasteiger partial charge on any atom is -0.395 e. The van der Waals surface area contributed by atoms with E-state index in [9.17, 15) is 4.79 Å². The van der Waals surface area contributed by atoms with Crippen molar-refractivity contribution >= 4 is 39.9 Å². The molecule has 2 aromatic heterocycles. The van der Waals surface area contributed by atoms with Crippen molar-refractivity contribution in [1.29, 1.82) is 0 Å². The number of rotatable bonds is 10. The number of hydrogen-bond acceptors (Lipinski definition) is 7. The van der Waals surface area contributed by atoms with Crippen molar-refractivity contribution in [3.63, 3.8) is 0 Å². The van der Waals surface area contributed by atoms with Crippen molar-refractivity contribution in [2.45, 2.75) is 6.42 Å². The molecule has 2 aromatic carbocycles. The molecule has 8 nitrogen and oxygen atoms in total. The lowest BCUT2D eigenvalue weighted by atomic mass is 10.0. The van der Waals surface area contributed by atoms with E-state index in [-0.39, 0.29) is 19.1 Å². The monoisotopic (exact) mass is 490 g/mol. The van der Waals surface area contributed by atoms with E-state index < -0.39 is 0 Å². The van der Waals surface area contributed by atoms with E-state index in [0.717, 1.165) is 27.1 Å². The number of nitrogens with zero attached hydrogens (tertiary/aromatic N) is 4. The molecule has 0 radical (unpaired) electrons. The van der Waals surface area contributed by atoms with Crippen molar-refractivity contribution in [3.8, 4) is 0 Å². The summed E-state index contributed by atoms with van der Waals surface area (Å²) in [7, 11) is 1.65. The summed E-state index contributed by atoms with van der Waals surface area (Å²) >= 11 is 6.34. The number of fused-ring (bicyclic) bond motifs is 1. The first-order chi connectivity index (χ1) is 17.1. The van der Waals surface area contributed by atoms with Crippen molar-refractivity contribution in [2.24, 2.45) is 0 Å². The van der Waals surface area contributed by atoms with E-state index in [1.165, 1.54) is 11.1 Å². The minimum absolute atomic E-state index is 0.0773. The summed E-state index contributed by atoms with van der Waals surface area (Å²) in [4.78, 5) is 18.0. The molecule has 4 rings (SSSR count). The van der Waals surface area contributed by atoms with Crippen molar-refractivity contribution < 1.29 is 9.90 Å². The molecule has 180 valence electrons. The van der Waals surface area contributed by atoms with Gasteiger partial charge in [-0.1, -0.05) is 54.1 Å². The molecular weight excluding hydrogens is 464 g/mol. The van der Waals surface area contributed by atoms with E-state index >= 15 is 0 Å². The number of hydrogen-bond donors (Lipinski definition) is 3. The second kappa shape index (κ2) is 11.6. The van der Waals surface area contributed by atoms with E-state index in [1.807, 2.05) is 48.5 Å². The molecule has 0 aliphatic rings. The molecule has 0 unspecified atom stereocenters. The number of likely N-dealkylation sites (N-methyl/N-ethyl adjacent to an activating group) is 1. The summed E-state index contributed by atoms with van der Waals surface area (Å²) in [5, 5.41) is 27.2. The number of aliphatic hydroxyl groups is 1. The molecule has 0 fully saturated rings. The van der Waals surface area contributed by atoms with Gasteiger partial charge in [0, 0.05) is 55.1 Å². The van der Waals surface area contributed by atoms with Crippen LogP contribution in [0.1, 0.15) is 21.6 Å². The fourth-order valence-electron chi connectivity index (χ4n) is 3.71. The molecule has 1 amide bonds. The Morgan fingerprint density at radius 3 is 2.46 bits per heavy atom. The molecule has 35 heavy (non-hydrogen) atoms. The van der Waals surface area contributed by atoms with Gasteiger partial charge in [0.05, 0.1) is 17.9 Å². The second-order valence-corrected chi connectivity index (χ2v) is 8.45. The first-order valence-electron chi connectivity index (χ1n) is 11.3. The lowest BCUT2D eigenvalue weighted by molar-refractivity contribution is 0.0766. The van der Waals surface area contributed by atoms with Crippen LogP contribution >= 0.6 is 11.6 Å². The Hall–Kier alpha value is -3.75. The Kier molecular flexibility index (Phi) is 8.07. The number of pyridine rings is 1. The first-order valence-corrected chi connectivity index (χ1v) is 11.7. The molecule has 0 atom stereocenters. The highest BCUT2D eigenvalue weighted by Crippen LogP contribution is 2.26. The zero-order valence-corrected chi connectivity index (χ0v) is 20.2. The van der Waals surface area contributed by atoms with Gasteiger partial charge in [-0.3, -0.25) is 4.79 Å². The number of nitrogens with one attached hydrogen (secondary N) is 2. The van der Waals surface area contributed by atoms with Gasteiger partial charge in [-0.05, 0) is 23.8 Å². The zero-order valence-electron chi connectivity index (χ0n) is 19.4. The molecule has 2 heterocycles. The third kappa shape index (κ3) is 6.03. The molecule has 0 saturated heterocycles. The highest BCUT2D eigenvalue weighted by molar-refractivity contribution is 6.31. The zero-order chi connectivity index (χ0) is 24.6. The maximum atomic E-state index is 12.2. The molecule has 0 spiro atoms. The van der Waals surface area contributed by atoms with Gasteiger partial charge in [0.1, 0.15) is 5.82 Å². The van der Waals surface area contributed by atoms with Crippen LogP contribution in [-0.2, 0) is 6.42 Å². The van der Waals surface area contributed by atoms with Gasteiger partial charge in [0.25, 0.3) is 5.91 Å². The first kappa shape index (κ1) is 24.4. The Labute approximate surface area is 209 Å². The van der Waals surface area contributed by atoms with Crippen LogP contribution in [0.2, 0.25) is 5.02 Å². The third-order valence-electron chi connectivity index (χ3n) is 5.60. The highest BCUT2D eigenvalue weighted by atomic mass is 35.5. The van der Waals surface area contributed by atoms with Crippen molar-refractivity contribution in [2.75, 3.05) is 43.9 Å². The van der Waals surface area contributed by atoms with E-state index in [1.54, 1.807) is 19.2 Å². The predicted octanol–water partition coefficient (Wildman–Crippen LogP) is 3.86. The average Bonchev–Trinajstić information content (AvgIpc) is 2.89. The van der Waals surface area contributed by atoms with Crippen LogP contribution in [0.25, 0.3) is 10.8 Å². The Bertz CT molecular complexity index is 1300. The number of aromatic nitrogens is 3. The Morgan fingerprint density at radius 1 is 0.971 bits per heavy atom. The van der Waals surface area contributed by atoms with Gasteiger partial charge >= 0.3 is 0 Å². The molecule has 0 aliphatic carbocycles. The highest BCUT2D eigenvalue weighted by Gasteiger charge is 2.12. The van der Waals surface area contributed by atoms with Gasteiger partial charge in [-0.2, -0.15) is 5.10 Å². The summed E-state index contributed by atoms with van der Waals surface area (Å²) < 4.78 is 0. The Balaban J connectivity index is 1.37. The summed E-state index contributed by atoms with van der Waals surface area (Å²) in [5.41, 5.74) is 2.36. The molecular formula is C26H27ClN6O2. The van der Waals surface area contributed by atoms with Crippen LogP contribution in [0.15, 0.2) is 66.9 Å². The predicted molar refractivity (Wildman–Crippen MR) is 139 cm³/mol. The normalized spacial score (nSPS) is 10.8. The van der Waals surface area contributed by atoms with Crippen LogP contribution in [-0.4, -0.2) is 64.4 Å². The molecule has 0 aliphatic heterocycles. The Morgan fingerprint density at radius 2 is 1.71 bits per heavy atom. The fraction of sp³-hybridized carbons (Fsp3) is 0.231. The topological polar surface area (TPSA) is 103 Å². The van der Waals surface area contributed by atoms with Gasteiger partial charge in [0.15, 0.2) is 5.82 Å². The summed E-state index contributed by atoms with van der Waals surface area (Å²) in [6.45, 7) is 1.40. The van der Waals surface area contributed by atoms with Crippen LogP contribution in [0.3, 0.4) is 0 Å². The number of carbonyl (C=O) groups excluding carboxylic acids is 1. The van der Waals surface area contributed by atoms with Crippen LogP contribution < -0.4 is 10.6 Å². The quantitative estimate of drug-likeness (QED) is 0.290. The van der Waals surface area contributed by atoms with E-state index in [2.05, 4.69) is 25.8 Å². The van der Waals surface area contributed by atoms with Crippen LogP contribution in [0.4, 0.5) is 11.6 Å². The largest absolute Gasteiger partial charge is 0.395 e. The molecule has 0 bridgehead atoms. The smallest absolute Gasteiger partial charge is 0.255 e. The van der Waals surface area contributed by atoms with Gasteiger partial charge < -0.3 is 20.6 Å². The van der Waals surface area contributed by atoms with Crippen LogP contribution in [0, 0.1) is 0 Å². The standard InChI is InChI=1S/C26H27ClN6O2/c1-33(14-15-34)26(35)19-10-11-24(30-17-19)28-12-13-29-25-21-8-4-3-7-20(21)23(31-32-25)16-18-6-2-5-9-22(18)27/h2-11,17,34H,12-16H2,1H3,(H,28,30)(H,29,32). The van der Waals surface area contributed by atoms with Crippen molar-refractivity contribution in [3.05, 3.63) is 88.7 Å². The number of halogens is 1. The third-order valence-corrected chi connectivity index (χ3v) is 5.96. The number of amides is 1. The number of carbonyl (C=O) groups is 1. The second-order valence-electron chi connectivity index (χ2n) is 8.05. The average molecular weight is 491 g/mol. The SMILES string of the molecule is CN(CCO)C(=O)c1ccc(NCCNc2nnc(Cc3ccccc3Cl)c3ccccc23)nc1. The number of anilines is 2. The fourth-order valence-corrected chi connectivity index (χ4v) is 3.91. The van der Waals surface area contributed by atoms with Crippen LogP contribution in [0.5, 0.6) is 0 Å². The maximum absolute atomic E-state index is 12.2. The van der Waals surface area contributed by atoms with Crippen molar-refractivity contribution in [1.82, 2.24) is 20.1 Å². The molecule has 4 aromatic rings. The summed E-state index contributed by atoms with van der Waals surface area (Å²) in [5.74, 6) is 1.20. The minimum atomic E-state index is -0.178. The van der Waals surface area contributed by atoms with E-state index in [4.69, 9.17) is 16.7 Å². The van der Waals surface area contributed by atoms with Gasteiger partial charge in [-0.15, -0.1) is 5.10 Å². The lowest BCUT2D eigenvalue weighted by Gasteiger charge is -2.15. The molecule has 0 saturated carbocycles. The molecule has 9 heteroatoms. The van der Waals surface area contributed by atoms with Gasteiger partial charge in [0.2, 0.25) is 0 Å². The summed E-state index contributed by atoms with van der Waals surface area (Å²) in [6, 6.07) is 19.3. The number of benzene rings is 2. The summed E-state index contributed by atoms with van der Waals surface area (Å²) in [6.07, 6.45) is 2.14. The molecule has 3 N–H and O–H groups in total. The lowest BCUT2D eigenvalue weighted by Crippen LogP contribution is -2.29. The van der Waals surface area contributed by atoms with Gasteiger partial charge in [-0.25, -0.2) is 4.98 Å². The maximum Gasteiger partial charge on any atom is 0.255 e.